The Labute approximate surface area is 159 Å². The Bertz CT molecular complexity index is 705. The monoisotopic (exact) mass is 373 g/mol. The third-order valence-corrected chi connectivity index (χ3v) is 4.83. The van der Waals surface area contributed by atoms with Crippen molar-refractivity contribution in [3.05, 3.63) is 35.9 Å². The Kier molecular flexibility index (Phi) is 5.53. The minimum absolute atomic E-state index is 0.00259. The molecule has 0 aromatic heterocycles. The predicted molar refractivity (Wildman–Crippen MR) is 98.8 cm³/mol. The van der Waals surface area contributed by atoms with E-state index in [2.05, 4.69) is 0 Å². The molecule has 1 saturated heterocycles. The van der Waals surface area contributed by atoms with E-state index >= 15 is 0 Å². The summed E-state index contributed by atoms with van der Waals surface area (Å²) in [7, 11) is 0. The highest BCUT2D eigenvalue weighted by molar-refractivity contribution is 5.96. The van der Waals surface area contributed by atoms with Gasteiger partial charge in [-0.15, -0.1) is 0 Å². The van der Waals surface area contributed by atoms with E-state index < -0.39 is 23.6 Å². The van der Waals surface area contributed by atoms with Gasteiger partial charge in [-0.05, 0) is 51.5 Å². The van der Waals surface area contributed by atoms with Gasteiger partial charge in [0.1, 0.15) is 12.2 Å². The van der Waals surface area contributed by atoms with Crippen LogP contribution in [0.4, 0.5) is 4.79 Å². The van der Waals surface area contributed by atoms with Crippen LogP contribution in [0.1, 0.15) is 45.6 Å². The number of hydrogen-bond acceptors (Lipinski definition) is 5. The maximum atomic E-state index is 13.2. The van der Waals surface area contributed by atoms with Crippen molar-refractivity contribution in [2.75, 3.05) is 6.61 Å². The van der Waals surface area contributed by atoms with E-state index in [4.69, 9.17) is 9.47 Å². The molecule has 1 heterocycles. The molecular weight excluding hydrogens is 346 g/mol. The van der Waals surface area contributed by atoms with Gasteiger partial charge in [-0.2, -0.15) is 0 Å². The van der Waals surface area contributed by atoms with Crippen LogP contribution in [-0.2, 0) is 25.5 Å². The van der Waals surface area contributed by atoms with Gasteiger partial charge in [0.2, 0.25) is 5.91 Å². The molecule has 1 aromatic rings. The number of rotatable bonds is 6. The van der Waals surface area contributed by atoms with E-state index in [1.165, 1.54) is 4.90 Å². The minimum atomic E-state index is -0.615. The summed E-state index contributed by atoms with van der Waals surface area (Å²) in [6.45, 7) is 5.58. The lowest BCUT2D eigenvalue weighted by Crippen LogP contribution is -2.45. The molecule has 2 fully saturated rings. The van der Waals surface area contributed by atoms with Gasteiger partial charge in [0, 0.05) is 0 Å². The van der Waals surface area contributed by atoms with Crippen LogP contribution in [0.3, 0.4) is 0 Å². The summed E-state index contributed by atoms with van der Waals surface area (Å²) >= 11 is 0. The molecule has 2 atom stereocenters. The first-order valence-electron chi connectivity index (χ1n) is 9.50. The Morgan fingerprint density at radius 1 is 1.22 bits per heavy atom. The first-order valence-corrected chi connectivity index (χ1v) is 9.50. The molecule has 0 bridgehead atoms. The first-order chi connectivity index (χ1) is 12.7. The summed E-state index contributed by atoms with van der Waals surface area (Å²) in [5.74, 6) is -1.11. The van der Waals surface area contributed by atoms with Crippen LogP contribution in [0.2, 0.25) is 0 Å². The number of carbonyl (C=O) groups is 3. The number of hydrogen-bond donors (Lipinski definition) is 0. The van der Waals surface area contributed by atoms with Crippen molar-refractivity contribution in [3.8, 4) is 0 Å². The molecule has 0 radical (unpaired) electrons. The van der Waals surface area contributed by atoms with Crippen LogP contribution in [0, 0.1) is 11.8 Å². The van der Waals surface area contributed by atoms with Crippen molar-refractivity contribution >= 4 is 18.0 Å². The molecule has 1 aliphatic heterocycles. The van der Waals surface area contributed by atoms with Crippen molar-refractivity contribution in [2.24, 2.45) is 11.8 Å². The maximum absolute atomic E-state index is 13.2. The Morgan fingerprint density at radius 2 is 1.89 bits per heavy atom. The first kappa shape index (κ1) is 19.4. The van der Waals surface area contributed by atoms with Gasteiger partial charge in [0.15, 0.2) is 0 Å². The van der Waals surface area contributed by atoms with E-state index in [9.17, 15) is 14.4 Å². The molecule has 0 unspecified atom stereocenters. The lowest BCUT2D eigenvalue weighted by atomic mass is 9.96. The highest BCUT2D eigenvalue weighted by Crippen LogP contribution is 2.40. The number of imide groups is 1. The fourth-order valence-electron chi connectivity index (χ4n) is 3.46. The highest BCUT2D eigenvalue weighted by Gasteiger charge is 2.46. The molecule has 27 heavy (non-hydrogen) atoms. The summed E-state index contributed by atoms with van der Waals surface area (Å²) in [6.07, 6.45) is 1.72. The van der Waals surface area contributed by atoms with Crippen molar-refractivity contribution in [3.63, 3.8) is 0 Å². The molecule has 2 aliphatic rings. The number of carbonyl (C=O) groups excluding carboxylic acids is 3. The number of nitrogens with zero attached hydrogens (tertiary/aromatic N) is 1. The molecule has 0 N–H and O–H groups in total. The molecule has 146 valence electrons. The maximum Gasteiger partial charge on any atom is 0.416 e. The minimum Gasteiger partial charge on any atom is -0.460 e. The van der Waals surface area contributed by atoms with Crippen molar-refractivity contribution in [1.82, 2.24) is 4.90 Å². The zero-order valence-corrected chi connectivity index (χ0v) is 16.1. The average Bonchev–Trinajstić information content (AvgIpc) is 3.36. The van der Waals surface area contributed by atoms with Gasteiger partial charge in [-0.25, -0.2) is 9.69 Å². The number of esters is 1. The Balaban J connectivity index is 1.71. The van der Waals surface area contributed by atoms with Crippen molar-refractivity contribution in [1.29, 1.82) is 0 Å². The largest absolute Gasteiger partial charge is 0.460 e. The van der Waals surface area contributed by atoms with Gasteiger partial charge < -0.3 is 9.47 Å². The van der Waals surface area contributed by atoms with E-state index in [0.717, 1.165) is 18.4 Å². The number of amides is 2. The summed E-state index contributed by atoms with van der Waals surface area (Å²) in [5.41, 5.74) is 0.435. The van der Waals surface area contributed by atoms with Gasteiger partial charge in [-0.1, -0.05) is 30.3 Å². The van der Waals surface area contributed by atoms with E-state index in [1.54, 1.807) is 20.8 Å². The van der Waals surface area contributed by atoms with Crippen LogP contribution in [0.5, 0.6) is 0 Å². The third kappa shape index (κ3) is 5.08. The van der Waals surface area contributed by atoms with E-state index in [-0.39, 0.29) is 30.9 Å². The normalized spacial score (nSPS) is 20.9. The van der Waals surface area contributed by atoms with Crippen LogP contribution >= 0.6 is 0 Å². The van der Waals surface area contributed by atoms with Crippen LogP contribution < -0.4 is 0 Å². The highest BCUT2D eigenvalue weighted by atomic mass is 16.6. The lowest BCUT2D eigenvalue weighted by Gasteiger charge is -2.26. The predicted octanol–water partition coefficient (Wildman–Crippen LogP) is 3.33. The van der Waals surface area contributed by atoms with Crippen LogP contribution in [-0.4, -0.2) is 41.1 Å². The van der Waals surface area contributed by atoms with Gasteiger partial charge in [-0.3, -0.25) is 9.59 Å². The van der Waals surface area contributed by atoms with Gasteiger partial charge in [0.25, 0.3) is 0 Å². The lowest BCUT2D eigenvalue weighted by molar-refractivity contribution is -0.158. The molecule has 0 spiro atoms. The third-order valence-electron chi connectivity index (χ3n) is 4.83. The molecule has 6 heteroatoms. The fraction of sp³-hybridized carbons (Fsp3) is 0.571. The van der Waals surface area contributed by atoms with Gasteiger partial charge in [0.05, 0.1) is 18.4 Å². The standard InChI is InChI=1S/C21H27NO5/c1-21(2,3)27-18(23)12-17(15-9-10-15)19(24)22-16(13-26-20(22)25)11-14-7-5-4-6-8-14/h4-8,15-17H,9-13H2,1-3H3/t16-,17-/m1/s1. The number of ether oxygens (including phenoxy) is 2. The quantitative estimate of drug-likeness (QED) is 0.715. The second kappa shape index (κ2) is 7.71. The fourth-order valence-corrected chi connectivity index (χ4v) is 3.46. The average molecular weight is 373 g/mol. The zero-order valence-electron chi connectivity index (χ0n) is 16.1. The number of benzene rings is 1. The zero-order chi connectivity index (χ0) is 19.6. The second-order valence-corrected chi connectivity index (χ2v) is 8.36. The molecule has 1 aliphatic carbocycles. The Hall–Kier alpha value is -2.37. The second-order valence-electron chi connectivity index (χ2n) is 8.36. The van der Waals surface area contributed by atoms with Crippen LogP contribution in [0.15, 0.2) is 30.3 Å². The summed E-state index contributed by atoms with van der Waals surface area (Å²) in [4.78, 5) is 38.9. The van der Waals surface area contributed by atoms with E-state index in [0.29, 0.717) is 6.42 Å². The molecule has 1 saturated carbocycles. The van der Waals surface area contributed by atoms with E-state index in [1.807, 2.05) is 30.3 Å². The topological polar surface area (TPSA) is 72.9 Å². The molecular formula is C21H27NO5. The molecule has 2 amide bonds. The summed E-state index contributed by atoms with van der Waals surface area (Å²) in [5, 5.41) is 0. The molecule has 6 nitrogen and oxygen atoms in total. The smallest absolute Gasteiger partial charge is 0.416 e. The molecule has 1 aromatic carbocycles. The van der Waals surface area contributed by atoms with Gasteiger partial charge >= 0.3 is 12.1 Å². The Morgan fingerprint density at radius 3 is 2.48 bits per heavy atom. The molecule has 3 rings (SSSR count). The van der Waals surface area contributed by atoms with Crippen molar-refractivity contribution < 1.29 is 23.9 Å². The van der Waals surface area contributed by atoms with Crippen LogP contribution in [0.25, 0.3) is 0 Å². The van der Waals surface area contributed by atoms with Crippen molar-refractivity contribution in [2.45, 2.75) is 58.1 Å². The SMILES string of the molecule is CC(C)(C)OC(=O)C[C@@H](C(=O)N1C(=O)OC[C@H]1Cc1ccccc1)C1CC1. The summed E-state index contributed by atoms with van der Waals surface area (Å²) in [6, 6.07) is 9.36. The number of cyclic esters (lactones) is 1. The summed E-state index contributed by atoms with van der Waals surface area (Å²) < 4.78 is 10.5.